The highest BCUT2D eigenvalue weighted by Gasteiger charge is 2.42. The summed E-state index contributed by atoms with van der Waals surface area (Å²) in [5.74, 6) is 1.39. The molecule has 108 valence electrons. The second-order valence-corrected chi connectivity index (χ2v) is 7.70. The molecule has 1 fully saturated rings. The molecule has 0 bridgehead atoms. The molecule has 1 N–H and O–H groups in total. The van der Waals surface area contributed by atoms with Crippen molar-refractivity contribution in [1.29, 1.82) is 0 Å². The van der Waals surface area contributed by atoms with E-state index in [1.165, 1.54) is 32.1 Å². The van der Waals surface area contributed by atoms with Crippen LogP contribution in [-0.4, -0.2) is 10.7 Å². The molecular weight excluding hydrogens is 220 g/mol. The fourth-order valence-corrected chi connectivity index (χ4v) is 4.34. The van der Waals surface area contributed by atoms with E-state index >= 15 is 0 Å². The van der Waals surface area contributed by atoms with Gasteiger partial charge < -0.3 is 5.11 Å². The van der Waals surface area contributed by atoms with Crippen molar-refractivity contribution < 1.29 is 5.11 Å². The van der Waals surface area contributed by atoms with Gasteiger partial charge in [0.1, 0.15) is 0 Å². The molecule has 0 heterocycles. The minimum atomic E-state index is -0.393. The summed E-state index contributed by atoms with van der Waals surface area (Å²) in [6, 6.07) is 0. The van der Waals surface area contributed by atoms with Gasteiger partial charge in [-0.15, -0.1) is 0 Å². The Hall–Kier alpha value is -0.0400. The monoisotopic (exact) mass is 254 g/mol. The lowest BCUT2D eigenvalue weighted by Crippen LogP contribution is -2.43. The summed E-state index contributed by atoms with van der Waals surface area (Å²) in [6.07, 6.45) is 9.40. The molecule has 1 aliphatic rings. The predicted octanol–water partition coefficient (Wildman–Crippen LogP) is 5.17. The summed E-state index contributed by atoms with van der Waals surface area (Å²) in [7, 11) is 0. The van der Waals surface area contributed by atoms with Crippen LogP contribution in [0.1, 0.15) is 86.0 Å². The maximum atomic E-state index is 11.0. The van der Waals surface area contributed by atoms with Gasteiger partial charge in [-0.3, -0.25) is 0 Å². The first kappa shape index (κ1) is 16.0. The molecule has 3 atom stereocenters. The molecule has 0 spiro atoms. The van der Waals surface area contributed by atoms with E-state index in [1.54, 1.807) is 0 Å². The van der Waals surface area contributed by atoms with Crippen molar-refractivity contribution in [1.82, 2.24) is 0 Å². The molecule has 0 saturated heterocycles. The van der Waals surface area contributed by atoms with Gasteiger partial charge >= 0.3 is 0 Å². The number of hydrogen-bond donors (Lipinski definition) is 1. The smallest absolute Gasteiger partial charge is 0.0658 e. The molecule has 1 heteroatoms. The summed E-state index contributed by atoms with van der Waals surface area (Å²) in [4.78, 5) is 0. The summed E-state index contributed by atoms with van der Waals surface area (Å²) in [5, 5.41) is 11.0. The maximum Gasteiger partial charge on any atom is 0.0658 e. The average Bonchev–Trinajstić information content (AvgIpc) is 2.20. The Morgan fingerprint density at radius 1 is 1.22 bits per heavy atom. The Morgan fingerprint density at radius 3 is 2.39 bits per heavy atom. The van der Waals surface area contributed by atoms with Gasteiger partial charge in [-0.2, -0.15) is 0 Å². The molecular formula is C17H34O. The van der Waals surface area contributed by atoms with Gasteiger partial charge in [0.25, 0.3) is 0 Å². The topological polar surface area (TPSA) is 20.2 Å². The van der Waals surface area contributed by atoms with Gasteiger partial charge in [-0.25, -0.2) is 0 Å². The zero-order chi connectivity index (χ0) is 13.8. The number of hydrogen-bond acceptors (Lipinski definition) is 1. The molecule has 3 unspecified atom stereocenters. The maximum absolute atomic E-state index is 11.0. The molecule has 0 aromatic rings. The summed E-state index contributed by atoms with van der Waals surface area (Å²) in [6.45, 7) is 11.5. The van der Waals surface area contributed by atoms with Crippen molar-refractivity contribution in [2.75, 3.05) is 0 Å². The first-order valence-corrected chi connectivity index (χ1v) is 8.02. The molecule has 1 saturated carbocycles. The van der Waals surface area contributed by atoms with Crippen LogP contribution in [0.3, 0.4) is 0 Å². The van der Waals surface area contributed by atoms with Gasteiger partial charge in [-0.05, 0) is 42.9 Å². The van der Waals surface area contributed by atoms with Crippen LogP contribution in [0.2, 0.25) is 0 Å². The van der Waals surface area contributed by atoms with E-state index in [-0.39, 0.29) is 0 Å². The number of unbranched alkanes of at least 4 members (excludes halogenated alkanes) is 1. The predicted molar refractivity (Wildman–Crippen MR) is 79.7 cm³/mol. The van der Waals surface area contributed by atoms with Gasteiger partial charge in [0.15, 0.2) is 0 Å². The molecule has 0 aliphatic heterocycles. The quantitative estimate of drug-likeness (QED) is 0.693. The molecule has 0 radical (unpaired) electrons. The lowest BCUT2D eigenvalue weighted by atomic mass is 9.63. The zero-order valence-corrected chi connectivity index (χ0v) is 13.3. The Balaban J connectivity index is 2.61. The van der Waals surface area contributed by atoms with Crippen LogP contribution in [0.5, 0.6) is 0 Å². The Kier molecular flexibility index (Phi) is 5.70. The molecule has 0 amide bonds. The standard InChI is InChI=1S/C17H34O/c1-6-8-9-15(7-2)12-17(18)11-14(3)10-16(4,5)13-17/h14-15,18H,6-13H2,1-5H3. The van der Waals surface area contributed by atoms with Crippen LogP contribution in [0.25, 0.3) is 0 Å². The molecule has 1 nitrogen and oxygen atoms in total. The van der Waals surface area contributed by atoms with Crippen LogP contribution in [0.4, 0.5) is 0 Å². The van der Waals surface area contributed by atoms with E-state index < -0.39 is 5.60 Å². The van der Waals surface area contributed by atoms with Crippen molar-refractivity contribution >= 4 is 0 Å². The lowest BCUT2D eigenvalue weighted by molar-refractivity contribution is -0.0743. The summed E-state index contributed by atoms with van der Waals surface area (Å²) >= 11 is 0. The van der Waals surface area contributed by atoms with E-state index in [4.69, 9.17) is 0 Å². The highest BCUT2D eigenvalue weighted by Crippen LogP contribution is 2.46. The minimum Gasteiger partial charge on any atom is -0.390 e. The highest BCUT2D eigenvalue weighted by molar-refractivity contribution is 4.94. The highest BCUT2D eigenvalue weighted by atomic mass is 16.3. The largest absolute Gasteiger partial charge is 0.390 e. The fraction of sp³-hybridized carbons (Fsp3) is 1.00. The Bertz CT molecular complexity index is 246. The second-order valence-electron chi connectivity index (χ2n) is 7.70. The van der Waals surface area contributed by atoms with E-state index in [0.29, 0.717) is 11.3 Å². The Morgan fingerprint density at radius 2 is 1.89 bits per heavy atom. The SMILES string of the molecule is CCCCC(CC)CC1(O)CC(C)CC(C)(C)C1. The number of rotatable bonds is 6. The first-order valence-electron chi connectivity index (χ1n) is 8.02. The van der Waals surface area contributed by atoms with E-state index in [1.807, 2.05) is 0 Å². The van der Waals surface area contributed by atoms with Gasteiger partial charge in [0.2, 0.25) is 0 Å². The van der Waals surface area contributed by atoms with Crippen molar-refractivity contribution in [2.45, 2.75) is 91.6 Å². The summed E-state index contributed by atoms with van der Waals surface area (Å²) in [5.41, 5.74) is -0.0783. The van der Waals surface area contributed by atoms with Crippen LogP contribution in [0, 0.1) is 17.3 Å². The van der Waals surface area contributed by atoms with Crippen LogP contribution < -0.4 is 0 Å². The lowest BCUT2D eigenvalue weighted by Gasteiger charge is -2.46. The minimum absolute atomic E-state index is 0.315. The van der Waals surface area contributed by atoms with Crippen LogP contribution in [0.15, 0.2) is 0 Å². The summed E-state index contributed by atoms with van der Waals surface area (Å²) < 4.78 is 0. The van der Waals surface area contributed by atoms with Crippen molar-refractivity contribution in [3.8, 4) is 0 Å². The third-order valence-corrected chi connectivity index (χ3v) is 4.65. The first-order chi connectivity index (χ1) is 8.30. The van der Waals surface area contributed by atoms with Gasteiger partial charge in [0.05, 0.1) is 5.60 Å². The van der Waals surface area contributed by atoms with Crippen molar-refractivity contribution in [2.24, 2.45) is 17.3 Å². The van der Waals surface area contributed by atoms with Crippen LogP contribution >= 0.6 is 0 Å². The average molecular weight is 254 g/mol. The van der Waals surface area contributed by atoms with E-state index in [0.717, 1.165) is 25.2 Å². The molecule has 1 rings (SSSR count). The molecule has 18 heavy (non-hydrogen) atoms. The molecule has 0 aromatic heterocycles. The third-order valence-electron chi connectivity index (χ3n) is 4.65. The molecule has 0 aromatic carbocycles. The number of aliphatic hydroxyl groups is 1. The second kappa shape index (κ2) is 6.41. The van der Waals surface area contributed by atoms with Gasteiger partial charge in [0, 0.05) is 0 Å². The van der Waals surface area contributed by atoms with E-state index in [9.17, 15) is 5.11 Å². The van der Waals surface area contributed by atoms with Gasteiger partial charge in [-0.1, -0.05) is 60.3 Å². The van der Waals surface area contributed by atoms with Crippen LogP contribution in [-0.2, 0) is 0 Å². The fourth-order valence-electron chi connectivity index (χ4n) is 4.34. The Labute approximate surface area is 114 Å². The van der Waals surface area contributed by atoms with Crippen molar-refractivity contribution in [3.05, 3.63) is 0 Å². The third kappa shape index (κ3) is 4.91. The normalized spacial score (nSPS) is 33.3. The molecule has 1 aliphatic carbocycles. The zero-order valence-electron chi connectivity index (χ0n) is 13.3. The van der Waals surface area contributed by atoms with E-state index in [2.05, 4.69) is 34.6 Å². The van der Waals surface area contributed by atoms with Crippen molar-refractivity contribution in [3.63, 3.8) is 0 Å².